The van der Waals surface area contributed by atoms with Gasteiger partial charge < -0.3 is 11.1 Å². The van der Waals surface area contributed by atoms with E-state index in [1.165, 1.54) is 0 Å². The number of likely N-dealkylation sites (N-methyl/N-ethyl adjacent to an activating group) is 1. The van der Waals surface area contributed by atoms with Gasteiger partial charge in [-0.15, -0.1) is 0 Å². The van der Waals surface area contributed by atoms with Gasteiger partial charge in [-0.3, -0.25) is 9.69 Å². The molecule has 0 aromatic heterocycles. The summed E-state index contributed by atoms with van der Waals surface area (Å²) in [6, 6.07) is 0.474. The van der Waals surface area contributed by atoms with E-state index < -0.39 is 0 Å². The molecule has 2 unspecified atom stereocenters. The Morgan fingerprint density at radius 3 is 2.20 bits per heavy atom. The first-order chi connectivity index (χ1) is 9.22. The first-order valence-electron chi connectivity index (χ1n) is 7.95. The zero-order valence-corrected chi connectivity index (χ0v) is 14.3. The van der Waals surface area contributed by atoms with E-state index in [0.717, 1.165) is 25.8 Å². The average Bonchev–Trinajstić information content (AvgIpc) is 2.32. The maximum absolute atomic E-state index is 11.9. The van der Waals surface area contributed by atoms with Crippen LogP contribution in [0.15, 0.2) is 0 Å². The van der Waals surface area contributed by atoms with Crippen molar-refractivity contribution in [1.29, 1.82) is 0 Å². The monoisotopic (exact) mass is 285 g/mol. The Hall–Kier alpha value is -0.610. The first kappa shape index (κ1) is 19.4. The van der Waals surface area contributed by atoms with Crippen LogP contribution in [0.5, 0.6) is 0 Å². The summed E-state index contributed by atoms with van der Waals surface area (Å²) in [6.07, 6.45) is 3.14. The fourth-order valence-corrected chi connectivity index (χ4v) is 2.00. The molecule has 1 amide bonds. The maximum atomic E-state index is 11.9. The van der Waals surface area contributed by atoms with Gasteiger partial charge in [0.1, 0.15) is 0 Å². The highest BCUT2D eigenvalue weighted by atomic mass is 16.2. The van der Waals surface area contributed by atoms with Crippen molar-refractivity contribution >= 4 is 5.91 Å². The normalized spacial score (nSPS) is 14.9. The highest BCUT2D eigenvalue weighted by Gasteiger charge is 2.12. The van der Waals surface area contributed by atoms with Crippen LogP contribution in [0.1, 0.15) is 53.9 Å². The molecule has 0 aliphatic carbocycles. The van der Waals surface area contributed by atoms with Gasteiger partial charge in [-0.1, -0.05) is 27.7 Å². The van der Waals surface area contributed by atoms with Crippen LogP contribution < -0.4 is 11.1 Å². The van der Waals surface area contributed by atoms with Crippen LogP contribution in [0, 0.1) is 11.8 Å². The molecule has 0 aromatic rings. The number of nitrogens with zero attached hydrogens (tertiary/aromatic N) is 1. The zero-order valence-electron chi connectivity index (χ0n) is 14.3. The molecule has 0 aliphatic rings. The number of nitrogens with one attached hydrogen (secondary N) is 1. The van der Waals surface area contributed by atoms with Crippen molar-refractivity contribution in [1.82, 2.24) is 10.2 Å². The molecule has 20 heavy (non-hydrogen) atoms. The highest BCUT2D eigenvalue weighted by molar-refractivity contribution is 5.78. The van der Waals surface area contributed by atoms with Gasteiger partial charge in [-0.05, 0) is 51.6 Å². The lowest BCUT2D eigenvalue weighted by molar-refractivity contribution is -0.122. The Kier molecular flexibility index (Phi) is 9.86. The molecule has 4 nitrogen and oxygen atoms in total. The van der Waals surface area contributed by atoms with Crippen LogP contribution in [0.25, 0.3) is 0 Å². The molecule has 120 valence electrons. The maximum Gasteiger partial charge on any atom is 0.234 e. The number of amides is 1. The molecule has 2 atom stereocenters. The molecular formula is C16H35N3O. The van der Waals surface area contributed by atoms with Crippen LogP contribution in [0.3, 0.4) is 0 Å². The van der Waals surface area contributed by atoms with Gasteiger partial charge >= 0.3 is 0 Å². The molecule has 0 aliphatic heterocycles. The van der Waals surface area contributed by atoms with Crippen molar-refractivity contribution in [2.24, 2.45) is 17.6 Å². The van der Waals surface area contributed by atoms with E-state index in [-0.39, 0.29) is 18.0 Å². The highest BCUT2D eigenvalue weighted by Crippen LogP contribution is 2.06. The quantitative estimate of drug-likeness (QED) is 0.647. The molecule has 0 bridgehead atoms. The summed E-state index contributed by atoms with van der Waals surface area (Å²) < 4.78 is 0. The van der Waals surface area contributed by atoms with Gasteiger partial charge in [0, 0.05) is 12.1 Å². The lowest BCUT2D eigenvalue weighted by atomic mass is 10.0. The van der Waals surface area contributed by atoms with Crippen molar-refractivity contribution < 1.29 is 4.79 Å². The summed E-state index contributed by atoms with van der Waals surface area (Å²) in [6.45, 7) is 12.1. The van der Waals surface area contributed by atoms with E-state index in [0.29, 0.717) is 18.4 Å². The smallest absolute Gasteiger partial charge is 0.234 e. The molecule has 0 aromatic carbocycles. The van der Waals surface area contributed by atoms with Crippen LogP contribution in [0.2, 0.25) is 0 Å². The molecule has 0 saturated carbocycles. The van der Waals surface area contributed by atoms with Crippen LogP contribution in [-0.2, 0) is 4.79 Å². The predicted molar refractivity (Wildman–Crippen MR) is 86.6 cm³/mol. The molecule has 0 heterocycles. The van der Waals surface area contributed by atoms with Crippen molar-refractivity contribution in [3.05, 3.63) is 0 Å². The number of hydrogen-bond acceptors (Lipinski definition) is 3. The Labute approximate surface area is 125 Å². The summed E-state index contributed by atoms with van der Waals surface area (Å²) >= 11 is 0. The Morgan fingerprint density at radius 2 is 1.70 bits per heavy atom. The van der Waals surface area contributed by atoms with E-state index in [1.807, 2.05) is 11.9 Å². The minimum atomic E-state index is 0.113. The summed E-state index contributed by atoms with van der Waals surface area (Å²) in [7, 11) is 1.98. The van der Waals surface area contributed by atoms with Crippen molar-refractivity contribution in [2.75, 3.05) is 20.1 Å². The third-order valence-corrected chi connectivity index (χ3v) is 3.70. The third-order valence-electron chi connectivity index (χ3n) is 3.70. The van der Waals surface area contributed by atoms with Crippen LogP contribution in [0.4, 0.5) is 0 Å². The zero-order chi connectivity index (χ0) is 15.7. The second kappa shape index (κ2) is 10.2. The summed E-state index contributed by atoms with van der Waals surface area (Å²) in [5, 5.41) is 3.06. The average molecular weight is 285 g/mol. The minimum absolute atomic E-state index is 0.113. The lowest BCUT2D eigenvalue weighted by Gasteiger charge is -2.22. The minimum Gasteiger partial charge on any atom is -0.353 e. The number of carbonyl (C=O) groups excluding carboxylic acids is 1. The molecular weight excluding hydrogens is 250 g/mol. The van der Waals surface area contributed by atoms with Gasteiger partial charge in [-0.25, -0.2) is 0 Å². The van der Waals surface area contributed by atoms with Crippen molar-refractivity contribution in [2.45, 2.75) is 66.0 Å². The van der Waals surface area contributed by atoms with Crippen molar-refractivity contribution in [3.63, 3.8) is 0 Å². The Bertz CT molecular complexity index is 266. The lowest BCUT2D eigenvalue weighted by Crippen LogP contribution is -2.41. The van der Waals surface area contributed by atoms with Gasteiger partial charge in [0.15, 0.2) is 0 Å². The Morgan fingerprint density at radius 1 is 1.10 bits per heavy atom. The molecule has 4 heteroatoms. The molecule has 0 fully saturated rings. The summed E-state index contributed by atoms with van der Waals surface area (Å²) in [5.74, 6) is 1.30. The Balaban J connectivity index is 3.84. The standard InChI is InChI=1S/C16H35N3O/c1-12(2)7-8-14(5)18-16(20)11-19(6)10-9-15(17)13(3)4/h12-15H,7-11,17H2,1-6H3,(H,18,20). The van der Waals surface area contributed by atoms with Crippen LogP contribution >= 0.6 is 0 Å². The third kappa shape index (κ3) is 10.2. The van der Waals surface area contributed by atoms with Crippen molar-refractivity contribution in [3.8, 4) is 0 Å². The SMILES string of the molecule is CC(C)CCC(C)NC(=O)CN(C)CCC(N)C(C)C. The first-order valence-corrected chi connectivity index (χ1v) is 7.95. The largest absolute Gasteiger partial charge is 0.353 e. The molecule has 0 spiro atoms. The number of carbonyl (C=O) groups is 1. The topological polar surface area (TPSA) is 58.4 Å². The number of hydrogen-bond donors (Lipinski definition) is 2. The molecule has 0 saturated heterocycles. The van der Waals surface area contributed by atoms with E-state index in [1.54, 1.807) is 0 Å². The van der Waals surface area contributed by atoms with Crippen LogP contribution in [-0.4, -0.2) is 43.0 Å². The van der Waals surface area contributed by atoms with E-state index in [4.69, 9.17) is 5.73 Å². The summed E-state index contributed by atoms with van der Waals surface area (Å²) in [5.41, 5.74) is 6.02. The fourth-order valence-electron chi connectivity index (χ4n) is 2.00. The molecule has 3 N–H and O–H groups in total. The summed E-state index contributed by atoms with van der Waals surface area (Å²) in [4.78, 5) is 14.0. The van der Waals surface area contributed by atoms with E-state index in [2.05, 4.69) is 39.9 Å². The van der Waals surface area contributed by atoms with E-state index >= 15 is 0 Å². The molecule has 0 rings (SSSR count). The van der Waals surface area contributed by atoms with Gasteiger partial charge in [-0.2, -0.15) is 0 Å². The fraction of sp³-hybridized carbons (Fsp3) is 0.938. The van der Waals surface area contributed by atoms with Gasteiger partial charge in [0.05, 0.1) is 6.54 Å². The second-order valence-electron chi connectivity index (χ2n) is 6.87. The number of rotatable bonds is 10. The van der Waals surface area contributed by atoms with Gasteiger partial charge in [0.2, 0.25) is 5.91 Å². The molecule has 0 radical (unpaired) electrons. The number of nitrogens with two attached hydrogens (primary N) is 1. The predicted octanol–water partition coefficient (Wildman–Crippen LogP) is 2.23. The van der Waals surface area contributed by atoms with E-state index in [9.17, 15) is 4.79 Å². The van der Waals surface area contributed by atoms with Gasteiger partial charge in [0.25, 0.3) is 0 Å². The second-order valence-corrected chi connectivity index (χ2v) is 6.87.